The molecular weight excluding hydrogens is 245 g/mol. The molecule has 88 valence electrons. The highest BCUT2D eigenvalue weighted by Gasteiger charge is 1.95. The van der Waals surface area contributed by atoms with Gasteiger partial charge in [0.15, 0.2) is 0 Å². The molecule has 0 atom stereocenters. The highest BCUT2D eigenvalue weighted by Crippen LogP contribution is 2.16. The summed E-state index contributed by atoms with van der Waals surface area (Å²) in [6, 6.07) is 7.75. The first-order valence-corrected chi connectivity index (χ1v) is 5.99. The van der Waals surface area contributed by atoms with Crippen LogP contribution >= 0.6 is 23.2 Å². The van der Waals surface area contributed by atoms with Crippen LogP contribution in [0.15, 0.2) is 34.8 Å². The Kier molecular flexibility index (Phi) is 6.12. The Hall–Kier alpha value is -0.860. The molecule has 1 aromatic rings. The van der Waals surface area contributed by atoms with E-state index in [1.54, 1.807) is 0 Å². The van der Waals surface area contributed by atoms with E-state index < -0.39 is 0 Å². The fourth-order valence-electron chi connectivity index (χ4n) is 1.11. The lowest BCUT2D eigenvalue weighted by Crippen LogP contribution is -2.01. The van der Waals surface area contributed by atoms with E-state index in [4.69, 9.17) is 27.9 Å². The van der Waals surface area contributed by atoms with Crippen molar-refractivity contribution in [1.82, 2.24) is 0 Å². The molecule has 0 unspecified atom stereocenters. The minimum atomic E-state index is 0.528. The maximum Gasteiger partial charge on any atom is 0.119 e. The summed E-state index contributed by atoms with van der Waals surface area (Å²) < 4.78 is 5.47. The van der Waals surface area contributed by atoms with E-state index in [2.05, 4.69) is 12.2 Å². The Balaban J connectivity index is 2.45. The maximum absolute atomic E-state index is 5.76. The van der Waals surface area contributed by atoms with Gasteiger partial charge in [-0.05, 0) is 30.7 Å². The lowest BCUT2D eigenvalue weighted by Gasteiger charge is -2.07. The van der Waals surface area contributed by atoms with Crippen molar-refractivity contribution in [3.63, 3.8) is 0 Å². The van der Waals surface area contributed by atoms with Gasteiger partial charge in [-0.15, -0.1) is 0 Å². The molecule has 0 saturated carbocycles. The number of rotatable bonds is 6. The fourth-order valence-corrected chi connectivity index (χ4v) is 1.26. The van der Waals surface area contributed by atoms with Gasteiger partial charge in [0.05, 0.1) is 13.2 Å². The highest BCUT2D eigenvalue weighted by molar-refractivity contribution is 6.36. The quantitative estimate of drug-likeness (QED) is 0.827. The van der Waals surface area contributed by atoms with Crippen LogP contribution in [0.5, 0.6) is 5.75 Å². The molecule has 1 N–H and O–H groups in total. The van der Waals surface area contributed by atoms with Crippen molar-refractivity contribution in [1.29, 1.82) is 0 Å². The number of hydrogen-bond donors (Lipinski definition) is 1. The smallest absolute Gasteiger partial charge is 0.119 e. The lowest BCUT2D eigenvalue weighted by atomic mass is 10.3. The topological polar surface area (TPSA) is 21.3 Å². The number of nitrogens with one attached hydrogen (secondary N) is 1. The third-order valence-corrected chi connectivity index (χ3v) is 2.52. The molecule has 1 rings (SSSR count). The van der Waals surface area contributed by atoms with E-state index in [0.717, 1.165) is 24.5 Å². The van der Waals surface area contributed by atoms with E-state index in [1.165, 1.54) is 5.54 Å². The molecule has 0 saturated heterocycles. The monoisotopic (exact) mass is 259 g/mol. The average Bonchev–Trinajstić information content (AvgIpc) is 2.34. The summed E-state index contributed by atoms with van der Waals surface area (Å²) in [6.45, 7) is 3.35. The summed E-state index contributed by atoms with van der Waals surface area (Å²) in [5, 5.41) is 3.72. The third kappa shape index (κ3) is 4.77. The van der Waals surface area contributed by atoms with Gasteiger partial charge in [0.25, 0.3) is 0 Å². The molecule has 0 radical (unpaired) electrons. The summed E-state index contributed by atoms with van der Waals surface area (Å²) in [7, 11) is 0. The fraction of sp³-hybridized carbons (Fsp3) is 0.333. The van der Waals surface area contributed by atoms with Crippen LogP contribution in [0.2, 0.25) is 0 Å². The van der Waals surface area contributed by atoms with E-state index in [0.29, 0.717) is 11.6 Å². The Labute approximate surface area is 106 Å². The number of anilines is 1. The van der Waals surface area contributed by atoms with E-state index in [9.17, 15) is 0 Å². The van der Waals surface area contributed by atoms with Gasteiger partial charge in [-0.3, -0.25) is 0 Å². The van der Waals surface area contributed by atoms with Gasteiger partial charge in [0.1, 0.15) is 5.75 Å². The van der Waals surface area contributed by atoms with Crippen LogP contribution in [-0.2, 0) is 0 Å². The zero-order valence-electron chi connectivity index (χ0n) is 9.17. The molecule has 1 aromatic carbocycles. The molecule has 0 aliphatic heterocycles. The molecule has 0 aliphatic carbocycles. The molecule has 0 aromatic heterocycles. The lowest BCUT2D eigenvalue weighted by molar-refractivity contribution is 0.317. The second kappa shape index (κ2) is 7.42. The summed E-state index contributed by atoms with van der Waals surface area (Å²) >= 11 is 11.2. The van der Waals surface area contributed by atoms with Gasteiger partial charge in [-0.25, -0.2) is 0 Å². The van der Waals surface area contributed by atoms with Crippen LogP contribution < -0.4 is 10.1 Å². The zero-order chi connectivity index (χ0) is 11.8. The molecule has 0 spiro atoms. The van der Waals surface area contributed by atoms with Crippen molar-refractivity contribution >= 4 is 28.9 Å². The van der Waals surface area contributed by atoms with Gasteiger partial charge >= 0.3 is 0 Å². The predicted octanol–water partition coefficient (Wildman–Crippen LogP) is 4.21. The molecule has 0 fully saturated rings. The van der Waals surface area contributed by atoms with Crippen molar-refractivity contribution < 1.29 is 4.74 Å². The summed E-state index contributed by atoms with van der Waals surface area (Å²) in [5.74, 6) is 0.881. The predicted molar refractivity (Wildman–Crippen MR) is 70.5 cm³/mol. The molecule has 0 bridgehead atoms. The number of ether oxygens (including phenoxy) is 1. The number of benzene rings is 1. The van der Waals surface area contributed by atoms with Crippen LogP contribution in [-0.4, -0.2) is 13.2 Å². The van der Waals surface area contributed by atoms with Crippen molar-refractivity contribution in [2.24, 2.45) is 0 Å². The Morgan fingerprint density at radius 3 is 2.62 bits per heavy atom. The standard InChI is InChI=1S/C12H15Cl2NO/c1-2-7-16-12-5-3-11(4-6-12)15-9-10(14)8-13/h3-6,8,15H,2,7,9H2,1H3. The molecular formula is C12H15Cl2NO. The third-order valence-electron chi connectivity index (χ3n) is 1.91. The highest BCUT2D eigenvalue weighted by atomic mass is 35.5. The second-order valence-corrected chi connectivity index (χ2v) is 3.99. The average molecular weight is 260 g/mol. The SMILES string of the molecule is CCCOc1ccc(NCC(Cl)=CCl)cc1. The van der Waals surface area contributed by atoms with Crippen molar-refractivity contribution in [2.75, 3.05) is 18.5 Å². The van der Waals surface area contributed by atoms with Crippen LogP contribution in [0.25, 0.3) is 0 Å². The van der Waals surface area contributed by atoms with Gasteiger partial charge in [0.2, 0.25) is 0 Å². The molecule has 16 heavy (non-hydrogen) atoms. The maximum atomic E-state index is 5.76. The molecule has 0 aliphatic rings. The largest absolute Gasteiger partial charge is 0.494 e. The van der Waals surface area contributed by atoms with E-state index >= 15 is 0 Å². The van der Waals surface area contributed by atoms with Crippen molar-refractivity contribution in [3.8, 4) is 5.75 Å². The summed E-state index contributed by atoms with van der Waals surface area (Å²) in [5.41, 5.74) is 2.34. The minimum absolute atomic E-state index is 0.528. The van der Waals surface area contributed by atoms with Gasteiger partial charge < -0.3 is 10.1 Å². The van der Waals surface area contributed by atoms with Crippen molar-refractivity contribution in [3.05, 3.63) is 34.8 Å². The van der Waals surface area contributed by atoms with E-state index in [1.807, 2.05) is 24.3 Å². The number of halogens is 2. The van der Waals surface area contributed by atoms with Crippen LogP contribution in [0.1, 0.15) is 13.3 Å². The Bertz CT molecular complexity index is 335. The molecule has 0 amide bonds. The first-order chi connectivity index (χ1) is 7.76. The zero-order valence-corrected chi connectivity index (χ0v) is 10.7. The summed E-state index contributed by atoms with van der Waals surface area (Å²) in [4.78, 5) is 0. The Morgan fingerprint density at radius 2 is 2.06 bits per heavy atom. The van der Waals surface area contributed by atoms with Gasteiger partial charge in [-0.2, -0.15) is 0 Å². The molecule has 2 nitrogen and oxygen atoms in total. The Morgan fingerprint density at radius 1 is 1.38 bits per heavy atom. The second-order valence-electron chi connectivity index (χ2n) is 3.28. The van der Waals surface area contributed by atoms with E-state index in [-0.39, 0.29) is 0 Å². The summed E-state index contributed by atoms with van der Waals surface area (Å²) in [6.07, 6.45) is 1.01. The molecule has 4 heteroatoms. The van der Waals surface area contributed by atoms with Gasteiger partial charge in [0, 0.05) is 16.3 Å². The first-order valence-electron chi connectivity index (χ1n) is 5.17. The molecule has 0 heterocycles. The van der Waals surface area contributed by atoms with Crippen LogP contribution in [0.4, 0.5) is 5.69 Å². The van der Waals surface area contributed by atoms with Crippen molar-refractivity contribution in [2.45, 2.75) is 13.3 Å². The number of hydrogen-bond acceptors (Lipinski definition) is 2. The normalized spacial score (nSPS) is 11.3. The first kappa shape index (κ1) is 13.2. The van der Waals surface area contributed by atoms with Crippen LogP contribution in [0, 0.1) is 0 Å². The van der Waals surface area contributed by atoms with Gasteiger partial charge in [-0.1, -0.05) is 30.1 Å². The minimum Gasteiger partial charge on any atom is -0.494 e. The van der Waals surface area contributed by atoms with Crippen LogP contribution in [0.3, 0.4) is 0 Å².